The number of carbonyl (C=O) groups is 1. The van der Waals surface area contributed by atoms with E-state index in [2.05, 4.69) is 43.4 Å². The van der Waals surface area contributed by atoms with Crippen molar-refractivity contribution in [3.63, 3.8) is 0 Å². The molecular formula is C27H46O9. The lowest BCUT2D eigenvalue weighted by Crippen LogP contribution is -2.59. The third kappa shape index (κ3) is 14.2. The van der Waals surface area contributed by atoms with Gasteiger partial charge >= 0.3 is 5.97 Å². The molecule has 6 atom stereocenters. The number of rotatable bonds is 19. The molecular weight excluding hydrogens is 468 g/mol. The molecule has 0 aromatic heterocycles. The monoisotopic (exact) mass is 514 g/mol. The Morgan fingerprint density at radius 2 is 1.50 bits per heavy atom. The Bertz CT molecular complexity index is 647. The van der Waals surface area contributed by atoms with Crippen LogP contribution in [0.1, 0.15) is 71.1 Å². The molecule has 0 aliphatic carbocycles. The number of aliphatic hydroxyl groups is 5. The number of unbranched alkanes of at least 4 members (excludes halogenated alkanes) is 5. The molecule has 9 heteroatoms. The van der Waals surface area contributed by atoms with E-state index in [4.69, 9.17) is 19.3 Å². The van der Waals surface area contributed by atoms with Gasteiger partial charge in [0.05, 0.1) is 13.2 Å². The van der Waals surface area contributed by atoms with Crippen molar-refractivity contribution >= 4 is 5.97 Å². The highest BCUT2D eigenvalue weighted by Gasteiger charge is 2.44. The lowest BCUT2D eigenvalue weighted by Gasteiger charge is -2.39. The van der Waals surface area contributed by atoms with Crippen molar-refractivity contribution in [3.05, 3.63) is 36.5 Å². The van der Waals surface area contributed by atoms with E-state index in [1.54, 1.807) is 0 Å². The smallest absolute Gasteiger partial charge is 0.305 e. The minimum Gasteiger partial charge on any atom is -0.463 e. The zero-order chi connectivity index (χ0) is 26.6. The second-order valence-corrected chi connectivity index (χ2v) is 8.97. The second kappa shape index (κ2) is 20.5. The molecule has 1 aliphatic rings. The number of aliphatic hydroxyl groups excluding tert-OH is 5. The summed E-state index contributed by atoms with van der Waals surface area (Å²) in [5.74, 6) is -0.400. The highest BCUT2D eigenvalue weighted by molar-refractivity contribution is 5.69. The van der Waals surface area contributed by atoms with Crippen molar-refractivity contribution in [2.24, 2.45) is 0 Å². The standard InChI is InChI=1S/C27H46O9/c1-2-3-4-5-6-7-8-9-10-11-12-13-14-15-16-17-23(30)34-19-21(29)20-35-27-26(33)25(32)24(31)22(18-28)36-27/h3-4,6-7,9-10,21-22,24-29,31-33H,2,5,8,11-20H2,1H3/t21-,22-,24+,25+,26-,27-/m1/s1. The SMILES string of the molecule is CCC=CCC=CCC=CCCCCCCCC(=O)OC[C@@H](O)CO[C@@H]1O[C@H](CO)[C@H](O)[C@H](O)[C@H]1O. The molecule has 9 nitrogen and oxygen atoms in total. The third-order valence-electron chi connectivity index (χ3n) is 5.77. The van der Waals surface area contributed by atoms with Crippen molar-refractivity contribution in [2.75, 3.05) is 19.8 Å². The Labute approximate surface area is 215 Å². The van der Waals surface area contributed by atoms with Crippen LogP contribution in [-0.4, -0.2) is 88.1 Å². The van der Waals surface area contributed by atoms with E-state index in [9.17, 15) is 25.2 Å². The minimum atomic E-state index is -1.56. The first-order valence-electron chi connectivity index (χ1n) is 13.1. The zero-order valence-corrected chi connectivity index (χ0v) is 21.5. The first-order chi connectivity index (χ1) is 17.4. The van der Waals surface area contributed by atoms with E-state index in [0.717, 1.165) is 57.8 Å². The number of ether oxygens (including phenoxy) is 3. The van der Waals surface area contributed by atoms with Gasteiger partial charge in [0.1, 0.15) is 37.1 Å². The zero-order valence-electron chi connectivity index (χ0n) is 21.5. The molecule has 5 N–H and O–H groups in total. The molecule has 1 rings (SSSR count). The predicted molar refractivity (Wildman–Crippen MR) is 136 cm³/mol. The molecule has 0 aromatic rings. The van der Waals surface area contributed by atoms with Crippen LogP contribution in [0.5, 0.6) is 0 Å². The van der Waals surface area contributed by atoms with E-state index >= 15 is 0 Å². The van der Waals surface area contributed by atoms with Gasteiger partial charge in [0, 0.05) is 6.42 Å². The maximum Gasteiger partial charge on any atom is 0.305 e. The van der Waals surface area contributed by atoms with E-state index in [1.807, 2.05) is 0 Å². The van der Waals surface area contributed by atoms with Crippen LogP contribution in [0.25, 0.3) is 0 Å². The molecule has 208 valence electrons. The number of carbonyl (C=O) groups excluding carboxylic acids is 1. The van der Waals surface area contributed by atoms with Crippen LogP contribution in [0.15, 0.2) is 36.5 Å². The average Bonchev–Trinajstić information content (AvgIpc) is 2.88. The van der Waals surface area contributed by atoms with Crippen LogP contribution < -0.4 is 0 Å². The van der Waals surface area contributed by atoms with Gasteiger partial charge in [-0.25, -0.2) is 0 Å². The molecule has 0 amide bonds. The van der Waals surface area contributed by atoms with Gasteiger partial charge in [0.2, 0.25) is 0 Å². The Balaban J connectivity index is 2.02. The molecule has 1 fully saturated rings. The summed E-state index contributed by atoms with van der Waals surface area (Å²) in [7, 11) is 0. The van der Waals surface area contributed by atoms with E-state index in [-0.39, 0.29) is 19.6 Å². The Morgan fingerprint density at radius 3 is 2.19 bits per heavy atom. The summed E-state index contributed by atoms with van der Waals surface area (Å²) in [5, 5.41) is 48.5. The van der Waals surface area contributed by atoms with Crippen LogP contribution in [0.2, 0.25) is 0 Å². The first-order valence-corrected chi connectivity index (χ1v) is 13.1. The van der Waals surface area contributed by atoms with E-state index in [0.29, 0.717) is 0 Å². The van der Waals surface area contributed by atoms with Gasteiger partial charge in [-0.2, -0.15) is 0 Å². The average molecular weight is 515 g/mol. The van der Waals surface area contributed by atoms with Crippen molar-refractivity contribution in [2.45, 2.75) is 108 Å². The van der Waals surface area contributed by atoms with Crippen molar-refractivity contribution < 1.29 is 44.5 Å². The van der Waals surface area contributed by atoms with Gasteiger partial charge in [-0.1, -0.05) is 62.6 Å². The van der Waals surface area contributed by atoms with E-state index < -0.39 is 49.4 Å². The van der Waals surface area contributed by atoms with Gasteiger partial charge in [0.25, 0.3) is 0 Å². The van der Waals surface area contributed by atoms with Crippen LogP contribution in [0, 0.1) is 0 Å². The normalized spacial score (nSPS) is 25.8. The highest BCUT2D eigenvalue weighted by Crippen LogP contribution is 2.22. The topological polar surface area (TPSA) is 146 Å². The third-order valence-corrected chi connectivity index (χ3v) is 5.77. The summed E-state index contributed by atoms with van der Waals surface area (Å²) < 4.78 is 15.5. The Hall–Kier alpha value is -1.59. The summed E-state index contributed by atoms with van der Waals surface area (Å²) in [4.78, 5) is 11.9. The van der Waals surface area contributed by atoms with Crippen LogP contribution in [0.4, 0.5) is 0 Å². The molecule has 1 aliphatic heterocycles. The summed E-state index contributed by atoms with van der Waals surface area (Å²) in [6, 6.07) is 0. The van der Waals surface area contributed by atoms with Crippen LogP contribution >= 0.6 is 0 Å². The molecule has 1 saturated heterocycles. The fraction of sp³-hybridized carbons (Fsp3) is 0.741. The van der Waals surface area contributed by atoms with Crippen molar-refractivity contribution in [1.29, 1.82) is 0 Å². The van der Waals surface area contributed by atoms with Gasteiger partial charge in [-0.15, -0.1) is 0 Å². The summed E-state index contributed by atoms with van der Waals surface area (Å²) >= 11 is 0. The molecule has 0 spiro atoms. The number of hydrogen-bond donors (Lipinski definition) is 5. The summed E-state index contributed by atoms with van der Waals surface area (Å²) in [6.45, 7) is 0.964. The van der Waals surface area contributed by atoms with E-state index in [1.165, 1.54) is 0 Å². The van der Waals surface area contributed by atoms with Gasteiger partial charge < -0.3 is 39.7 Å². The maximum atomic E-state index is 11.9. The number of esters is 1. The number of hydrogen-bond acceptors (Lipinski definition) is 9. The molecule has 0 saturated carbocycles. The number of allylic oxidation sites excluding steroid dienone is 6. The summed E-state index contributed by atoms with van der Waals surface area (Å²) in [6.07, 6.45) is 14.3. The Kier molecular flexibility index (Phi) is 18.4. The molecule has 0 radical (unpaired) electrons. The lowest BCUT2D eigenvalue weighted by molar-refractivity contribution is -0.305. The maximum absolute atomic E-state index is 11.9. The van der Waals surface area contributed by atoms with Gasteiger partial charge in [0.15, 0.2) is 6.29 Å². The van der Waals surface area contributed by atoms with Crippen LogP contribution in [-0.2, 0) is 19.0 Å². The van der Waals surface area contributed by atoms with Crippen LogP contribution in [0.3, 0.4) is 0 Å². The quantitative estimate of drug-likeness (QED) is 0.0995. The molecule has 0 aromatic carbocycles. The lowest BCUT2D eigenvalue weighted by atomic mass is 9.99. The van der Waals surface area contributed by atoms with Crippen molar-refractivity contribution in [1.82, 2.24) is 0 Å². The molecule has 0 unspecified atom stereocenters. The first kappa shape index (κ1) is 32.4. The molecule has 1 heterocycles. The molecule has 0 bridgehead atoms. The van der Waals surface area contributed by atoms with Crippen molar-refractivity contribution in [3.8, 4) is 0 Å². The highest BCUT2D eigenvalue weighted by atomic mass is 16.7. The fourth-order valence-corrected chi connectivity index (χ4v) is 3.61. The second-order valence-electron chi connectivity index (χ2n) is 8.97. The minimum absolute atomic E-state index is 0.271. The predicted octanol–water partition coefficient (Wildman–Crippen LogP) is 2.30. The summed E-state index contributed by atoms with van der Waals surface area (Å²) in [5.41, 5.74) is 0. The molecule has 36 heavy (non-hydrogen) atoms. The van der Waals surface area contributed by atoms with Gasteiger partial charge in [-0.05, 0) is 38.5 Å². The van der Waals surface area contributed by atoms with Gasteiger partial charge in [-0.3, -0.25) is 4.79 Å². The fourth-order valence-electron chi connectivity index (χ4n) is 3.61. The Morgan fingerprint density at radius 1 is 0.861 bits per heavy atom. The largest absolute Gasteiger partial charge is 0.463 e.